The Balaban J connectivity index is 2.15. The maximum Gasteiger partial charge on any atom is 0.283 e. The number of carbonyl (C=O) groups is 1. The van der Waals surface area contributed by atoms with Crippen LogP contribution in [-0.4, -0.2) is 10.8 Å². The molecule has 8 heteroatoms. The van der Waals surface area contributed by atoms with Crippen LogP contribution in [-0.2, 0) is 6.54 Å². The molecule has 104 valence electrons. The summed E-state index contributed by atoms with van der Waals surface area (Å²) in [5, 5.41) is 15.7. The Hall–Kier alpha value is -1.44. The number of nitro groups is 1. The molecule has 1 aromatic carbocycles. The molecule has 0 aliphatic heterocycles. The van der Waals surface area contributed by atoms with E-state index in [-0.39, 0.29) is 16.3 Å². The monoisotopic (exact) mass is 374 g/mol. The van der Waals surface area contributed by atoms with E-state index in [2.05, 4.69) is 21.2 Å². The molecular weight excluding hydrogens is 368 g/mol. The highest BCUT2D eigenvalue weighted by molar-refractivity contribution is 9.10. The summed E-state index contributed by atoms with van der Waals surface area (Å²) in [6.45, 7) is 0.314. The summed E-state index contributed by atoms with van der Waals surface area (Å²) in [7, 11) is 0. The molecule has 0 saturated heterocycles. The van der Waals surface area contributed by atoms with Crippen molar-refractivity contribution >= 4 is 50.5 Å². The maximum absolute atomic E-state index is 12.0. The van der Waals surface area contributed by atoms with E-state index < -0.39 is 10.8 Å². The van der Waals surface area contributed by atoms with Crippen molar-refractivity contribution in [3.05, 3.63) is 59.7 Å². The Labute approximate surface area is 131 Å². The van der Waals surface area contributed by atoms with E-state index in [4.69, 9.17) is 11.6 Å². The summed E-state index contributed by atoms with van der Waals surface area (Å²) >= 11 is 10.5. The van der Waals surface area contributed by atoms with Crippen LogP contribution in [0.15, 0.2) is 34.1 Å². The van der Waals surface area contributed by atoms with Crippen LogP contribution in [0, 0.1) is 10.1 Å². The van der Waals surface area contributed by atoms with E-state index in [0.29, 0.717) is 6.54 Å². The first-order valence-electron chi connectivity index (χ1n) is 5.42. The Morgan fingerprint density at radius 2 is 2.20 bits per heavy atom. The van der Waals surface area contributed by atoms with E-state index >= 15 is 0 Å². The highest BCUT2D eigenvalue weighted by Crippen LogP contribution is 2.24. The predicted octanol–water partition coefficient (Wildman–Crippen LogP) is 4.00. The zero-order valence-corrected chi connectivity index (χ0v) is 13.1. The average molecular weight is 376 g/mol. The summed E-state index contributed by atoms with van der Waals surface area (Å²) in [6.07, 6.45) is 0. The summed E-state index contributed by atoms with van der Waals surface area (Å²) in [4.78, 5) is 23.2. The van der Waals surface area contributed by atoms with Gasteiger partial charge in [-0.25, -0.2) is 0 Å². The second kappa shape index (κ2) is 6.34. The van der Waals surface area contributed by atoms with Crippen LogP contribution in [0.5, 0.6) is 0 Å². The molecule has 1 heterocycles. The van der Waals surface area contributed by atoms with Crippen LogP contribution >= 0.6 is 38.9 Å². The first-order chi connectivity index (χ1) is 9.47. The Morgan fingerprint density at radius 1 is 1.45 bits per heavy atom. The van der Waals surface area contributed by atoms with Gasteiger partial charge >= 0.3 is 0 Å². The second-order valence-corrected chi connectivity index (χ2v) is 6.18. The van der Waals surface area contributed by atoms with Crippen LogP contribution in [0.1, 0.15) is 15.2 Å². The number of carbonyl (C=O) groups excluding carboxylic acids is 1. The summed E-state index contributed by atoms with van der Waals surface area (Å²) in [6, 6.07) is 5.84. The highest BCUT2D eigenvalue weighted by atomic mass is 79.9. The highest BCUT2D eigenvalue weighted by Gasteiger charge is 2.20. The number of halogens is 2. The first-order valence-corrected chi connectivity index (χ1v) is 7.47. The Morgan fingerprint density at radius 3 is 2.80 bits per heavy atom. The average Bonchev–Trinajstić information content (AvgIpc) is 2.81. The quantitative estimate of drug-likeness (QED) is 0.648. The Kier molecular flexibility index (Phi) is 4.74. The molecule has 1 N–H and O–H groups in total. The molecule has 1 aromatic heterocycles. The topological polar surface area (TPSA) is 72.2 Å². The number of thiophene rings is 1. The number of hydrogen-bond acceptors (Lipinski definition) is 4. The van der Waals surface area contributed by atoms with Crippen molar-refractivity contribution in [1.29, 1.82) is 0 Å². The largest absolute Gasteiger partial charge is 0.347 e. The zero-order chi connectivity index (χ0) is 14.7. The molecule has 20 heavy (non-hydrogen) atoms. The lowest BCUT2D eigenvalue weighted by atomic mass is 10.1. The standard InChI is InChI=1S/C12H8BrClN2O3S/c13-7-3-9(20-6-7)5-15-12(17)10-2-1-8(14)4-11(10)16(18)19/h1-4,6H,5H2,(H,15,17). The lowest BCUT2D eigenvalue weighted by Crippen LogP contribution is -2.23. The van der Waals surface area contributed by atoms with Crippen molar-refractivity contribution in [2.24, 2.45) is 0 Å². The molecule has 0 fully saturated rings. The van der Waals surface area contributed by atoms with Crippen molar-refractivity contribution in [3.8, 4) is 0 Å². The van der Waals surface area contributed by atoms with E-state index in [1.807, 2.05) is 11.4 Å². The van der Waals surface area contributed by atoms with Gasteiger partial charge in [-0.2, -0.15) is 0 Å². The van der Waals surface area contributed by atoms with Gasteiger partial charge in [0.1, 0.15) is 5.56 Å². The molecular formula is C12H8BrClN2O3S. The van der Waals surface area contributed by atoms with Crippen LogP contribution in [0.2, 0.25) is 5.02 Å². The fourth-order valence-corrected chi connectivity index (χ4v) is 3.11. The molecule has 0 spiro atoms. The van der Waals surface area contributed by atoms with E-state index in [0.717, 1.165) is 15.4 Å². The van der Waals surface area contributed by atoms with Crippen LogP contribution in [0.4, 0.5) is 5.69 Å². The molecule has 1 amide bonds. The van der Waals surface area contributed by atoms with Crippen molar-refractivity contribution in [2.75, 3.05) is 0 Å². The number of rotatable bonds is 4. The molecule has 2 rings (SSSR count). The van der Waals surface area contributed by atoms with Gasteiger partial charge in [0.05, 0.1) is 11.5 Å². The van der Waals surface area contributed by atoms with Crippen molar-refractivity contribution in [2.45, 2.75) is 6.54 Å². The minimum absolute atomic E-state index is 0.00461. The fraction of sp³-hybridized carbons (Fsp3) is 0.0833. The number of nitrogens with one attached hydrogen (secondary N) is 1. The number of nitrogens with zero attached hydrogens (tertiary/aromatic N) is 1. The second-order valence-electron chi connectivity index (χ2n) is 3.83. The number of amides is 1. The van der Waals surface area contributed by atoms with Crippen molar-refractivity contribution in [1.82, 2.24) is 5.32 Å². The zero-order valence-electron chi connectivity index (χ0n) is 9.93. The lowest BCUT2D eigenvalue weighted by Gasteiger charge is -2.05. The predicted molar refractivity (Wildman–Crippen MR) is 81.3 cm³/mol. The minimum Gasteiger partial charge on any atom is -0.347 e. The molecule has 0 radical (unpaired) electrons. The summed E-state index contributed by atoms with van der Waals surface area (Å²) in [5.41, 5.74) is -0.308. The molecule has 0 aliphatic carbocycles. The van der Waals surface area contributed by atoms with Gasteiger partial charge < -0.3 is 5.32 Å². The normalized spacial score (nSPS) is 10.3. The third kappa shape index (κ3) is 3.56. The Bertz CT molecular complexity index is 674. The first kappa shape index (κ1) is 15.0. The number of benzene rings is 1. The molecule has 0 saturated carbocycles. The van der Waals surface area contributed by atoms with Crippen molar-refractivity contribution < 1.29 is 9.72 Å². The van der Waals surface area contributed by atoms with Gasteiger partial charge in [-0.3, -0.25) is 14.9 Å². The number of nitro benzene ring substituents is 1. The molecule has 0 unspecified atom stereocenters. The molecule has 5 nitrogen and oxygen atoms in total. The van der Waals surface area contributed by atoms with Crippen LogP contribution in [0.25, 0.3) is 0 Å². The van der Waals surface area contributed by atoms with Gasteiger partial charge in [-0.15, -0.1) is 11.3 Å². The lowest BCUT2D eigenvalue weighted by molar-refractivity contribution is -0.385. The summed E-state index contributed by atoms with van der Waals surface area (Å²) < 4.78 is 0.934. The van der Waals surface area contributed by atoms with E-state index in [1.165, 1.54) is 23.5 Å². The third-order valence-corrected chi connectivity index (χ3v) is 4.38. The van der Waals surface area contributed by atoms with Crippen LogP contribution in [0.3, 0.4) is 0 Å². The van der Waals surface area contributed by atoms with E-state index in [9.17, 15) is 14.9 Å². The summed E-state index contributed by atoms with van der Waals surface area (Å²) in [5.74, 6) is -0.502. The molecule has 0 atom stereocenters. The third-order valence-electron chi connectivity index (χ3n) is 2.45. The van der Waals surface area contributed by atoms with Gasteiger partial charge in [0, 0.05) is 25.8 Å². The van der Waals surface area contributed by atoms with Gasteiger partial charge in [-0.05, 0) is 34.1 Å². The fourth-order valence-electron chi connectivity index (χ4n) is 1.56. The molecule has 0 bridgehead atoms. The van der Waals surface area contributed by atoms with Crippen LogP contribution < -0.4 is 5.32 Å². The van der Waals surface area contributed by atoms with E-state index in [1.54, 1.807) is 0 Å². The van der Waals surface area contributed by atoms with Gasteiger partial charge in [0.25, 0.3) is 11.6 Å². The smallest absolute Gasteiger partial charge is 0.283 e. The molecule has 0 aliphatic rings. The van der Waals surface area contributed by atoms with Gasteiger partial charge in [-0.1, -0.05) is 11.6 Å². The van der Waals surface area contributed by atoms with Crippen molar-refractivity contribution in [3.63, 3.8) is 0 Å². The van der Waals surface area contributed by atoms with Gasteiger partial charge in [0.2, 0.25) is 0 Å². The SMILES string of the molecule is O=C(NCc1cc(Br)cs1)c1ccc(Cl)cc1[N+](=O)[O-]. The molecule has 2 aromatic rings. The number of hydrogen-bond donors (Lipinski definition) is 1. The maximum atomic E-state index is 12.0. The minimum atomic E-state index is -0.622. The van der Waals surface area contributed by atoms with Gasteiger partial charge in [0.15, 0.2) is 0 Å².